The van der Waals surface area contributed by atoms with Crippen LogP contribution in [0.25, 0.3) is 0 Å². The summed E-state index contributed by atoms with van der Waals surface area (Å²) in [7, 11) is -4.19. The third kappa shape index (κ3) is 16.7. The van der Waals surface area contributed by atoms with Crippen molar-refractivity contribution in [1.29, 1.82) is 0 Å². The number of hydrogen-bond acceptors (Lipinski definition) is 4. The summed E-state index contributed by atoms with van der Waals surface area (Å²) >= 11 is 0. The van der Waals surface area contributed by atoms with Crippen molar-refractivity contribution in [2.24, 2.45) is 0 Å². The van der Waals surface area contributed by atoms with Crippen molar-refractivity contribution < 1.29 is 69.5 Å². The first-order chi connectivity index (χ1) is 10.4. The van der Waals surface area contributed by atoms with E-state index in [0.717, 1.165) is 32.1 Å². The van der Waals surface area contributed by atoms with Gasteiger partial charge in [-0.3, -0.25) is 0 Å². The first-order valence-corrected chi connectivity index (χ1v) is 10.5. The van der Waals surface area contributed by atoms with Gasteiger partial charge in [-0.1, -0.05) is 71.6 Å². The fourth-order valence-corrected chi connectivity index (χ4v) is 3.63. The Morgan fingerprint density at radius 3 is 1.74 bits per heavy atom. The summed E-state index contributed by atoms with van der Waals surface area (Å²) in [5, 5.41) is 8.73. The quantitative estimate of drug-likeness (QED) is 0.267. The Kier molecular flexibility index (Phi) is 19.7. The van der Waals surface area contributed by atoms with Crippen LogP contribution in [0.3, 0.4) is 0 Å². The van der Waals surface area contributed by atoms with E-state index in [1.54, 1.807) is 0 Å². The van der Waals surface area contributed by atoms with Crippen LogP contribution >= 0.6 is 0 Å². The van der Waals surface area contributed by atoms with E-state index in [1.165, 1.54) is 25.7 Å². The van der Waals surface area contributed by atoms with E-state index >= 15 is 0 Å². The normalized spacial score (nSPS) is 14.3. The van der Waals surface area contributed by atoms with E-state index in [2.05, 4.69) is 6.92 Å². The molecule has 4 nitrogen and oxygen atoms in total. The summed E-state index contributed by atoms with van der Waals surface area (Å²) in [4.78, 5) is 0. The summed E-state index contributed by atoms with van der Waals surface area (Å²) in [6.45, 7) is 4.11. The number of unbranched alkanes of at least 4 members (excludes halogenated alkanes) is 7. The number of rotatable bonds is 15. The van der Waals surface area contributed by atoms with Gasteiger partial charge in [0.05, 0.1) is 16.2 Å². The fraction of sp³-hybridized carbons (Fsp3) is 1.00. The van der Waals surface area contributed by atoms with Gasteiger partial charge in [0.1, 0.15) is 0 Å². The molecule has 0 aromatic rings. The van der Waals surface area contributed by atoms with Crippen LogP contribution in [0.1, 0.15) is 97.3 Å². The van der Waals surface area contributed by atoms with Crippen molar-refractivity contribution in [3.05, 3.63) is 0 Å². The summed E-state index contributed by atoms with van der Waals surface area (Å²) in [5.41, 5.74) is 0. The molecule has 0 aliphatic rings. The SMILES string of the molecule is CCCCCCCCCC(CCCCC(O)CC)S(=O)(=O)[O-].[K+]. The van der Waals surface area contributed by atoms with Crippen LogP contribution in [0.5, 0.6) is 0 Å². The van der Waals surface area contributed by atoms with Crippen molar-refractivity contribution >= 4 is 10.1 Å². The first kappa shape index (κ1) is 26.7. The molecular weight excluding hydrogens is 339 g/mol. The molecule has 0 heterocycles. The molecule has 0 bridgehead atoms. The van der Waals surface area contributed by atoms with Crippen LogP contribution in [-0.4, -0.2) is 29.4 Å². The van der Waals surface area contributed by atoms with Crippen LogP contribution in [-0.2, 0) is 10.1 Å². The van der Waals surface area contributed by atoms with Gasteiger partial charge in [-0.25, -0.2) is 8.42 Å². The Morgan fingerprint density at radius 1 is 0.826 bits per heavy atom. The maximum atomic E-state index is 11.3. The molecule has 0 radical (unpaired) electrons. The molecule has 23 heavy (non-hydrogen) atoms. The van der Waals surface area contributed by atoms with Gasteiger partial charge in [-0.05, 0) is 25.7 Å². The minimum atomic E-state index is -4.19. The molecule has 0 aromatic carbocycles. The van der Waals surface area contributed by atoms with E-state index < -0.39 is 15.4 Å². The monoisotopic (exact) mass is 374 g/mol. The van der Waals surface area contributed by atoms with Gasteiger partial charge in [-0.15, -0.1) is 0 Å². The van der Waals surface area contributed by atoms with E-state index in [-0.39, 0.29) is 57.5 Å². The second-order valence-electron chi connectivity index (χ2n) is 6.37. The smallest absolute Gasteiger partial charge is 0.748 e. The van der Waals surface area contributed by atoms with E-state index in [0.29, 0.717) is 25.7 Å². The predicted molar refractivity (Wildman–Crippen MR) is 90.9 cm³/mol. The maximum absolute atomic E-state index is 11.3. The number of aliphatic hydroxyl groups is 1. The average molecular weight is 375 g/mol. The second-order valence-corrected chi connectivity index (χ2v) is 8.02. The van der Waals surface area contributed by atoms with Gasteiger partial charge in [0.2, 0.25) is 0 Å². The molecule has 6 heteroatoms. The molecule has 0 saturated carbocycles. The number of hydrogen-bond donors (Lipinski definition) is 1. The Morgan fingerprint density at radius 2 is 1.26 bits per heavy atom. The van der Waals surface area contributed by atoms with Crippen LogP contribution < -0.4 is 51.4 Å². The molecule has 134 valence electrons. The summed E-state index contributed by atoms with van der Waals surface area (Å²) in [6, 6.07) is 0. The van der Waals surface area contributed by atoms with Gasteiger partial charge < -0.3 is 9.66 Å². The third-order valence-corrected chi connectivity index (χ3v) is 5.61. The molecule has 2 unspecified atom stereocenters. The molecule has 1 N–H and O–H groups in total. The molecule has 0 spiro atoms. The predicted octanol–water partition coefficient (Wildman–Crippen LogP) is 1.38. The summed E-state index contributed by atoms with van der Waals surface area (Å²) in [6.07, 6.45) is 11.5. The van der Waals surface area contributed by atoms with Crippen LogP contribution in [0, 0.1) is 0 Å². The minimum Gasteiger partial charge on any atom is -0.748 e. The zero-order valence-electron chi connectivity index (χ0n) is 15.4. The molecule has 2 atom stereocenters. The van der Waals surface area contributed by atoms with Crippen LogP contribution in [0.2, 0.25) is 0 Å². The zero-order chi connectivity index (χ0) is 16.8. The van der Waals surface area contributed by atoms with Crippen LogP contribution in [0.4, 0.5) is 0 Å². The largest absolute Gasteiger partial charge is 1.00 e. The fourth-order valence-electron chi connectivity index (χ4n) is 2.72. The van der Waals surface area contributed by atoms with Crippen molar-refractivity contribution in [2.75, 3.05) is 0 Å². The minimum absolute atomic E-state index is 0. The maximum Gasteiger partial charge on any atom is 1.00 e. The van der Waals surface area contributed by atoms with Gasteiger partial charge >= 0.3 is 51.4 Å². The molecule has 0 aromatic heterocycles. The van der Waals surface area contributed by atoms with Crippen molar-refractivity contribution in [3.8, 4) is 0 Å². The molecule has 0 saturated heterocycles. The molecular formula is C17H35KO4S. The van der Waals surface area contributed by atoms with Gasteiger partial charge in [-0.2, -0.15) is 0 Å². The van der Waals surface area contributed by atoms with E-state index in [1.807, 2.05) is 6.92 Å². The molecule has 0 fully saturated rings. The Balaban J connectivity index is 0. The molecule has 0 aliphatic carbocycles. The van der Waals surface area contributed by atoms with Crippen LogP contribution in [0.15, 0.2) is 0 Å². The van der Waals surface area contributed by atoms with Crippen molar-refractivity contribution in [3.63, 3.8) is 0 Å². The van der Waals surface area contributed by atoms with Crippen molar-refractivity contribution in [2.45, 2.75) is 109 Å². The summed E-state index contributed by atoms with van der Waals surface area (Å²) < 4.78 is 33.9. The molecule has 0 rings (SSSR count). The van der Waals surface area contributed by atoms with Gasteiger partial charge in [0.15, 0.2) is 0 Å². The average Bonchev–Trinajstić information content (AvgIpc) is 2.46. The van der Waals surface area contributed by atoms with Crippen molar-refractivity contribution in [1.82, 2.24) is 0 Å². The zero-order valence-corrected chi connectivity index (χ0v) is 19.4. The second kappa shape index (κ2) is 16.9. The van der Waals surface area contributed by atoms with E-state index in [9.17, 15) is 18.1 Å². The Labute approximate surface area is 186 Å². The summed E-state index contributed by atoms with van der Waals surface area (Å²) in [5.74, 6) is 0. The molecule has 0 amide bonds. The molecule has 0 aliphatic heterocycles. The van der Waals surface area contributed by atoms with E-state index in [4.69, 9.17) is 0 Å². The standard InChI is InChI=1S/C17H36O4S.K/c1-3-5-6-7-8-9-10-14-17(22(19,20)21)15-12-11-13-16(18)4-2;/h16-18H,3-15H2,1-2H3,(H,19,20,21);/q;+1/p-1. The topological polar surface area (TPSA) is 77.4 Å². The number of aliphatic hydroxyl groups excluding tert-OH is 1. The Bertz CT molecular complexity index is 347. The Hall–Kier alpha value is 1.51. The third-order valence-electron chi connectivity index (χ3n) is 4.32. The van der Waals surface area contributed by atoms with Gasteiger partial charge in [0, 0.05) is 5.25 Å². The first-order valence-electron chi connectivity index (χ1n) is 9.04. The van der Waals surface area contributed by atoms with Gasteiger partial charge in [0.25, 0.3) is 0 Å².